The van der Waals surface area contributed by atoms with Gasteiger partial charge in [0.25, 0.3) is 5.91 Å². The number of fused-ring (bicyclic) bond motifs is 1. The maximum absolute atomic E-state index is 13.1. The Hall–Kier alpha value is -3.91. The molecule has 0 unspecified atom stereocenters. The second-order valence-electron chi connectivity index (χ2n) is 7.45. The largest absolute Gasteiger partial charge is 0.344 e. The molecule has 0 radical (unpaired) electrons. The molecule has 0 aliphatic carbocycles. The maximum Gasteiger partial charge on any atom is 0.328 e. The number of aromatic nitrogens is 1. The highest BCUT2D eigenvalue weighted by atomic mass is 79.9. The second kappa shape index (κ2) is 9.70. The molecule has 0 atom stereocenters. The van der Waals surface area contributed by atoms with Gasteiger partial charge in [-0.1, -0.05) is 64.5 Å². The number of rotatable bonds is 5. The normalized spacial score (nSPS) is 10.6. The minimum atomic E-state index is -0.878. The van der Waals surface area contributed by atoms with Crippen LogP contribution in [0.2, 0.25) is 0 Å². The summed E-state index contributed by atoms with van der Waals surface area (Å²) in [6, 6.07) is 23.7. The van der Waals surface area contributed by atoms with Crippen molar-refractivity contribution in [1.29, 1.82) is 0 Å². The van der Waals surface area contributed by atoms with Crippen LogP contribution >= 0.6 is 15.9 Å². The maximum atomic E-state index is 13.1. The number of carbonyl (C=O) groups is 3. The summed E-state index contributed by atoms with van der Waals surface area (Å²) in [4.78, 5) is 38.2. The standard InChI is InChI=1S/C25H21BrN4O3/c1-16-7-5-6-10-20(16)28-23(31)22-14-18-13-19(26)11-12-21(18)30(22)29-25(33)24(32)27-15-17-8-3-2-4-9-17/h2-14H,15H2,1H3,(H,27,32)(H,28,31)(H,29,33). The number of aryl methyl sites for hydroxylation is 1. The summed E-state index contributed by atoms with van der Waals surface area (Å²) in [6.45, 7) is 2.11. The zero-order valence-electron chi connectivity index (χ0n) is 17.8. The number of hydrogen-bond acceptors (Lipinski definition) is 3. The van der Waals surface area contributed by atoms with Crippen LogP contribution in [0.1, 0.15) is 21.6 Å². The van der Waals surface area contributed by atoms with Crippen LogP contribution in [0.15, 0.2) is 83.3 Å². The van der Waals surface area contributed by atoms with Crippen LogP contribution in [-0.4, -0.2) is 22.4 Å². The van der Waals surface area contributed by atoms with Crippen molar-refractivity contribution < 1.29 is 14.4 Å². The van der Waals surface area contributed by atoms with Crippen molar-refractivity contribution in [3.8, 4) is 0 Å². The molecule has 3 N–H and O–H groups in total. The van der Waals surface area contributed by atoms with Gasteiger partial charge in [-0.2, -0.15) is 0 Å². The van der Waals surface area contributed by atoms with Gasteiger partial charge in [0.1, 0.15) is 5.69 Å². The Morgan fingerprint density at radius 3 is 2.36 bits per heavy atom. The number of para-hydroxylation sites is 1. The van der Waals surface area contributed by atoms with E-state index in [9.17, 15) is 14.4 Å². The number of carbonyl (C=O) groups excluding carboxylic acids is 3. The molecule has 0 saturated heterocycles. The van der Waals surface area contributed by atoms with Gasteiger partial charge in [0, 0.05) is 22.1 Å². The van der Waals surface area contributed by atoms with Crippen LogP contribution in [0, 0.1) is 6.92 Å². The van der Waals surface area contributed by atoms with Crippen LogP contribution in [0.3, 0.4) is 0 Å². The van der Waals surface area contributed by atoms with E-state index in [1.165, 1.54) is 4.68 Å². The molecule has 0 spiro atoms. The third kappa shape index (κ3) is 5.12. The number of anilines is 1. The summed E-state index contributed by atoms with van der Waals surface area (Å²) in [7, 11) is 0. The predicted octanol–water partition coefficient (Wildman–Crippen LogP) is 4.35. The highest BCUT2D eigenvalue weighted by Gasteiger charge is 2.21. The van der Waals surface area contributed by atoms with Crippen molar-refractivity contribution in [3.63, 3.8) is 0 Å². The first-order valence-corrected chi connectivity index (χ1v) is 11.0. The van der Waals surface area contributed by atoms with Crippen molar-refractivity contribution in [3.05, 3.63) is 100 Å². The lowest BCUT2D eigenvalue weighted by atomic mass is 10.2. The molecule has 166 valence electrons. The van der Waals surface area contributed by atoms with Gasteiger partial charge in [-0.25, -0.2) is 4.68 Å². The Balaban J connectivity index is 1.59. The topological polar surface area (TPSA) is 92.2 Å². The molecule has 0 fully saturated rings. The van der Waals surface area contributed by atoms with Gasteiger partial charge in [-0.15, -0.1) is 0 Å². The zero-order chi connectivity index (χ0) is 23.4. The molecule has 33 heavy (non-hydrogen) atoms. The van der Waals surface area contributed by atoms with Crippen LogP contribution in [0.5, 0.6) is 0 Å². The van der Waals surface area contributed by atoms with Crippen LogP contribution < -0.4 is 16.1 Å². The average molecular weight is 505 g/mol. The van der Waals surface area contributed by atoms with Crippen LogP contribution in [0.25, 0.3) is 10.9 Å². The van der Waals surface area contributed by atoms with Gasteiger partial charge >= 0.3 is 11.8 Å². The van der Waals surface area contributed by atoms with E-state index < -0.39 is 17.7 Å². The molecule has 4 aromatic rings. The minimum absolute atomic E-state index is 0.190. The van der Waals surface area contributed by atoms with E-state index in [0.717, 1.165) is 21.0 Å². The summed E-state index contributed by atoms with van der Waals surface area (Å²) in [5, 5.41) is 6.19. The number of halogens is 1. The summed E-state index contributed by atoms with van der Waals surface area (Å²) in [5.74, 6) is -2.10. The Kier molecular flexibility index (Phi) is 6.55. The molecule has 1 aromatic heterocycles. The van der Waals surface area contributed by atoms with Gasteiger partial charge in [-0.05, 0) is 48.4 Å². The van der Waals surface area contributed by atoms with Crippen molar-refractivity contribution in [2.24, 2.45) is 0 Å². The molecule has 7 nitrogen and oxygen atoms in total. The molecule has 1 heterocycles. The van der Waals surface area contributed by atoms with E-state index in [1.807, 2.05) is 61.5 Å². The van der Waals surface area contributed by atoms with Gasteiger partial charge in [-0.3, -0.25) is 19.8 Å². The Bertz CT molecular complexity index is 1350. The third-order valence-corrected chi connectivity index (χ3v) is 5.60. The lowest BCUT2D eigenvalue weighted by Crippen LogP contribution is -2.39. The molecule has 8 heteroatoms. The number of hydrogen-bond donors (Lipinski definition) is 3. The van der Waals surface area contributed by atoms with E-state index in [-0.39, 0.29) is 12.2 Å². The highest BCUT2D eigenvalue weighted by molar-refractivity contribution is 9.10. The SMILES string of the molecule is Cc1ccccc1NC(=O)c1cc2cc(Br)ccc2n1NC(=O)C(=O)NCc1ccccc1. The average Bonchev–Trinajstić information content (AvgIpc) is 3.17. The van der Waals surface area contributed by atoms with Crippen molar-refractivity contribution in [1.82, 2.24) is 9.99 Å². The van der Waals surface area contributed by atoms with E-state index in [2.05, 4.69) is 32.0 Å². The Labute approximate surface area is 198 Å². The Morgan fingerprint density at radius 1 is 0.879 bits per heavy atom. The minimum Gasteiger partial charge on any atom is -0.344 e. The summed E-state index contributed by atoms with van der Waals surface area (Å²) in [6.07, 6.45) is 0. The quantitative estimate of drug-likeness (QED) is 0.352. The second-order valence-corrected chi connectivity index (χ2v) is 8.36. The van der Waals surface area contributed by atoms with Gasteiger partial charge in [0.15, 0.2) is 0 Å². The molecular formula is C25H21BrN4O3. The molecule has 3 aromatic carbocycles. The molecule has 0 saturated carbocycles. The van der Waals surface area contributed by atoms with E-state index in [4.69, 9.17) is 0 Å². The van der Waals surface area contributed by atoms with E-state index >= 15 is 0 Å². The smallest absolute Gasteiger partial charge is 0.328 e. The monoisotopic (exact) mass is 504 g/mol. The Morgan fingerprint density at radius 2 is 1.61 bits per heavy atom. The number of amides is 3. The highest BCUT2D eigenvalue weighted by Crippen LogP contribution is 2.24. The molecule has 0 aliphatic heterocycles. The van der Waals surface area contributed by atoms with E-state index in [1.54, 1.807) is 24.3 Å². The first kappa shape index (κ1) is 22.3. The lowest BCUT2D eigenvalue weighted by molar-refractivity contribution is -0.136. The number of benzene rings is 3. The first-order chi connectivity index (χ1) is 15.9. The number of nitrogens with one attached hydrogen (secondary N) is 3. The molecule has 0 bridgehead atoms. The fraction of sp³-hybridized carbons (Fsp3) is 0.0800. The molecule has 4 rings (SSSR count). The molecule has 3 amide bonds. The summed E-state index contributed by atoms with van der Waals surface area (Å²) in [5.41, 5.74) is 5.76. The predicted molar refractivity (Wildman–Crippen MR) is 131 cm³/mol. The summed E-state index contributed by atoms with van der Waals surface area (Å²) < 4.78 is 2.16. The molecule has 0 aliphatic rings. The fourth-order valence-electron chi connectivity index (χ4n) is 3.38. The zero-order valence-corrected chi connectivity index (χ0v) is 19.3. The van der Waals surface area contributed by atoms with Crippen LogP contribution in [0.4, 0.5) is 5.69 Å². The fourth-order valence-corrected chi connectivity index (χ4v) is 3.76. The van der Waals surface area contributed by atoms with Crippen molar-refractivity contribution in [2.45, 2.75) is 13.5 Å². The van der Waals surface area contributed by atoms with Gasteiger partial charge in [0.05, 0.1) is 5.52 Å². The van der Waals surface area contributed by atoms with E-state index in [0.29, 0.717) is 11.2 Å². The van der Waals surface area contributed by atoms with Crippen LogP contribution in [-0.2, 0) is 16.1 Å². The van der Waals surface area contributed by atoms with Crippen molar-refractivity contribution >= 4 is 50.2 Å². The van der Waals surface area contributed by atoms with Crippen molar-refractivity contribution in [2.75, 3.05) is 10.7 Å². The molecular weight excluding hydrogens is 484 g/mol. The summed E-state index contributed by atoms with van der Waals surface area (Å²) >= 11 is 3.42. The van der Waals surface area contributed by atoms with Gasteiger partial charge < -0.3 is 10.6 Å². The van der Waals surface area contributed by atoms with Gasteiger partial charge in [0.2, 0.25) is 0 Å². The lowest BCUT2D eigenvalue weighted by Gasteiger charge is -2.13. The first-order valence-electron chi connectivity index (χ1n) is 10.2. The number of nitrogens with zero attached hydrogens (tertiary/aromatic N) is 1. The third-order valence-electron chi connectivity index (χ3n) is 5.10.